The Labute approximate surface area is 129 Å². The standard InChI is InChI=1S/C16H20N6/c1-4-17-16-20-14(13-10-19-22(3)15(13)21-16)18-9-12-8-6-5-7-11(12)2/h5-8,10H,4,9H2,1-3H3,(H2,17,18,20,21). The van der Waals surface area contributed by atoms with Gasteiger partial charge in [-0.05, 0) is 25.0 Å². The van der Waals surface area contributed by atoms with Gasteiger partial charge in [-0.25, -0.2) is 0 Å². The fourth-order valence-electron chi connectivity index (χ4n) is 2.38. The fraction of sp³-hybridized carbons (Fsp3) is 0.312. The molecule has 0 aliphatic heterocycles. The van der Waals surface area contributed by atoms with Crippen LogP contribution in [0, 0.1) is 6.92 Å². The molecule has 2 heterocycles. The molecule has 6 nitrogen and oxygen atoms in total. The number of nitrogens with one attached hydrogen (secondary N) is 2. The summed E-state index contributed by atoms with van der Waals surface area (Å²) in [5.74, 6) is 1.42. The van der Waals surface area contributed by atoms with Gasteiger partial charge < -0.3 is 10.6 Å². The molecule has 0 amide bonds. The SMILES string of the molecule is CCNc1nc(NCc2ccccc2C)c2cnn(C)c2n1. The van der Waals surface area contributed by atoms with Gasteiger partial charge in [-0.3, -0.25) is 4.68 Å². The molecule has 6 heteroatoms. The molecular weight excluding hydrogens is 276 g/mol. The summed E-state index contributed by atoms with van der Waals surface area (Å²) in [5.41, 5.74) is 3.33. The molecule has 0 saturated heterocycles. The van der Waals surface area contributed by atoms with Crippen LogP contribution in [0.4, 0.5) is 11.8 Å². The first-order valence-corrected chi connectivity index (χ1v) is 7.41. The molecule has 0 aliphatic rings. The van der Waals surface area contributed by atoms with Crippen molar-refractivity contribution in [1.82, 2.24) is 19.7 Å². The number of benzene rings is 1. The highest BCUT2D eigenvalue weighted by molar-refractivity contribution is 5.87. The molecule has 22 heavy (non-hydrogen) atoms. The third kappa shape index (κ3) is 2.72. The number of hydrogen-bond acceptors (Lipinski definition) is 5. The van der Waals surface area contributed by atoms with E-state index in [0.29, 0.717) is 5.95 Å². The Kier molecular flexibility index (Phi) is 3.91. The molecule has 0 unspecified atom stereocenters. The van der Waals surface area contributed by atoms with E-state index in [0.717, 1.165) is 29.9 Å². The van der Waals surface area contributed by atoms with Crippen molar-refractivity contribution < 1.29 is 0 Å². The molecule has 0 atom stereocenters. The lowest BCUT2D eigenvalue weighted by Crippen LogP contribution is -2.08. The van der Waals surface area contributed by atoms with Crippen LogP contribution in [0.3, 0.4) is 0 Å². The maximum Gasteiger partial charge on any atom is 0.226 e. The highest BCUT2D eigenvalue weighted by Crippen LogP contribution is 2.22. The Morgan fingerprint density at radius 3 is 2.73 bits per heavy atom. The Morgan fingerprint density at radius 1 is 1.14 bits per heavy atom. The van der Waals surface area contributed by atoms with Gasteiger partial charge in [0, 0.05) is 20.1 Å². The average molecular weight is 296 g/mol. The fourth-order valence-corrected chi connectivity index (χ4v) is 2.38. The van der Waals surface area contributed by atoms with Crippen LogP contribution in [-0.4, -0.2) is 26.3 Å². The van der Waals surface area contributed by atoms with E-state index in [1.54, 1.807) is 10.9 Å². The van der Waals surface area contributed by atoms with Crippen molar-refractivity contribution in [1.29, 1.82) is 0 Å². The van der Waals surface area contributed by atoms with Crippen LogP contribution in [0.2, 0.25) is 0 Å². The number of fused-ring (bicyclic) bond motifs is 1. The predicted octanol–water partition coefficient (Wildman–Crippen LogP) is 2.72. The van der Waals surface area contributed by atoms with Gasteiger partial charge in [0.25, 0.3) is 0 Å². The molecule has 2 N–H and O–H groups in total. The minimum atomic E-state index is 0.617. The molecule has 1 aromatic carbocycles. The minimum Gasteiger partial charge on any atom is -0.365 e. The Bertz CT molecular complexity index is 792. The van der Waals surface area contributed by atoms with E-state index in [9.17, 15) is 0 Å². The zero-order valence-electron chi connectivity index (χ0n) is 13.1. The second-order valence-electron chi connectivity index (χ2n) is 5.21. The van der Waals surface area contributed by atoms with Gasteiger partial charge in [-0.15, -0.1) is 0 Å². The van der Waals surface area contributed by atoms with E-state index < -0.39 is 0 Å². The number of anilines is 2. The third-order valence-electron chi connectivity index (χ3n) is 3.63. The van der Waals surface area contributed by atoms with Gasteiger partial charge in [0.15, 0.2) is 5.65 Å². The van der Waals surface area contributed by atoms with Gasteiger partial charge in [-0.2, -0.15) is 15.1 Å². The summed E-state index contributed by atoms with van der Waals surface area (Å²) in [4.78, 5) is 9.06. The normalized spacial score (nSPS) is 10.9. The van der Waals surface area contributed by atoms with Crippen LogP contribution in [-0.2, 0) is 13.6 Å². The van der Waals surface area contributed by atoms with E-state index in [1.165, 1.54) is 11.1 Å². The van der Waals surface area contributed by atoms with Crippen LogP contribution < -0.4 is 10.6 Å². The van der Waals surface area contributed by atoms with Gasteiger partial charge in [-0.1, -0.05) is 24.3 Å². The van der Waals surface area contributed by atoms with Crippen LogP contribution in [0.1, 0.15) is 18.1 Å². The summed E-state index contributed by atoms with van der Waals surface area (Å²) in [6.07, 6.45) is 1.80. The van der Waals surface area contributed by atoms with Gasteiger partial charge in [0.05, 0.1) is 11.6 Å². The molecule has 3 rings (SSSR count). The Hall–Kier alpha value is -2.63. The van der Waals surface area contributed by atoms with Crippen LogP contribution >= 0.6 is 0 Å². The zero-order valence-corrected chi connectivity index (χ0v) is 13.1. The quantitative estimate of drug-likeness (QED) is 0.757. The highest BCUT2D eigenvalue weighted by Gasteiger charge is 2.11. The largest absolute Gasteiger partial charge is 0.365 e. The van der Waals surface area contributed by atoms with Crippen molar-refractivity contribution >= 4 is 22.8 Å². The first kappa shape index (κ1) is 14.3. The monoisotopic (exact) mass is 296 g/mol. The van der Waals surface area contributed by atoms with E-state index in [-0.39, 0.29) is 0 Å². The third-order valence-corrected chi connectivity index (χ3v) is 3.63. The molecular formula is C16H20N6. The summed E-state index contributed by atoms with van der Waals surface area (Å²) < 4.78 is 1.76. The molecule has 114 valence electrons. The lowest BCUT2D eigenvalue weighted by Gasteiger charge is -2.11. The molecule has 2 aromatic heterocycles. The van der Waals surface area contributed by atoms with Crippen molar-refractivity contribution in [2.24, 2.45) is 7.05 Å². The van der Waals surface area contributed by atoms with Gasteiger partial charge in [0.1, 0.15) is 5.82 Å². The second-order valence-corrected chi connectivity index (χ2v) is 5.21. The minimum absolute atomic E-state index is 0.617. The zero-order chi connectivity index (χ0) is 15.5. The average Bonchev–Trinajstić information content (AvgIpc) is 2.88. The summed E-state index contributed by atoms with van der Waals surface area (Å²) in [7, 11) is 1.89. The summed E-state index contributed by atoms with van der Waals surface area (Å²) in [6, 6.07) is 8.33. The lowest BCUT2D eigenvalue weighted by molar-refractivity contribution is 0.785. The molecule has 0 radical (unpaired) electrons. The molecule has 0 saturated carbocycles. The van der Waals surface area contributed by atoms with Gasteiger partial charge >= 0.3 is 0 Å². The Balaban J connectivity index is 1.93. The van der Waals surface area contributed by atoms with Crippen LogP contribution in [0.15, 0.2) is 30.5 Å². The maximum atomic E-state index is 4.56. The van der Waals surface area contributed by atoms with Crippen molar-refractivity contribution in [2.45, 2.75) is 20.4 Å². The Morgan fingerprint density at radius 2 is 1.95 bits per heavy atom. The number of aromatic nitrogens is 4. The summed E-state index contributed by atoms with van der Waals surface area (Å²) in [6.45, 7) is 5.64. The van der Waals surface area contributed by atoms with E-state index in [2.05, 4.69) is 44.8 Å². The lowest BCUT2D eigenvalue weighted by atomic mass is 10.1. The first-order chi connectivity index (χ1) is 10.7. The van der Waals surface area contributed by atoms with E-state index >= 15 is 0 Å². The molecule has 0 spiro atoms. The van der Waals surface area contributed by atoms with Gasteiger partial charge in [0.2, 0.25) is 5.95 Å². The highest BCUT2D eigenvalue weighted by atomic mass is 15.3. The van der Waals surface area contributed by atoms with Crippen LogP contribution in [0.25, 0.3) is 11.0 Å². The molecule has 0 aliphatic carbocycles. The smallest absolute Gasteiger partial charge is 0.226 e. The summed E-state index contributed by atoms with van der Waals surface area (Å²) >= 11 is 0. The number of rotatable bonds is 5. The molecule has 0 bridgehead atoms. The van der Waals surface area contributed by atoms with Crippen molar-refractivity contribution in [3.8, 4) is 0 Å². The molecule has 0 fully saturated rings. The van der Waals surface area contributed by atoms with E-state index in [1.807, 2.05) is 26.1 Å². The topological polar surface area (TPSA) is 67.7 Å². The maximum absolute atomic E-state index is 4.56. The molecule has 3 aromatic rings. The number of nitrogens with zero attached hydrogens (tertiary/aromatic N) is 4. The number of hydrogen-bond donors (Lipinski definition) is 2. The van der Waals surface area contributed by atoms with Crippen LogP contribution in [0.5, 0.6) is 0 Å². The number of aryl methyl sites for hydroxylation is 2. The van der Waals surface area contributed by atoms with Crippen molar-refractivity contribution in [3.63, 3.8) is 0 Å². The first-order valence-electron chi connectivity index (χ1n) is 7.41. The predicted molar refractivity (Wildman–Crippen MR) is 89.0 cm³/mol. The van der Waals surface area contributed by atoms with Crippen molar-refractivity contribution in [3.05, 3.63) is 41.6 Å². The second kappa shape index (κ2) is 6.01. The van der Waals surface area contributed by atoms with E-state index in [4.69, 9.17) is 0 Å². The van der Waals surface area contributed by atoms with Crippen molar-refractivity contribution in [2.75, 3.05) is 17.2 Å². The summed E-state index contributed by atoms with van der Waals surface area (Å²) in [5, 5.41) is 11.8.